The molecule has 19 heavy (non-hydrogen) atoms. The molecule has 0 aliphatic rings. The number of hydrogen-bond acceptors (Lipinski definition) is 3. The van der Waals surface area contributed by atoms with Crippen molar-refractivity contribution in [2.75, 3.05) is 5.32 Å². The lowest BCUT2D eigenvalue weighted by atomic mass is 10.2. The molecule has 0 amide bonds. The second-order valence-electron chi connectivity index (χ2n) is 3.84. The molecule has 1 aromatic carbocycles. The maximum Gasteiger partial charge on any atom is 0.335 e. The van der Waals surface area contributed by atoms with E-state index in [0.29, 0.717) is 12.4 Å². The number of halogens is 2. The van der Waals surface area contributed by atoms with Crippen molar-refractivity contribution in [3.05, 3.63) is 58.5 Å². The Morgan fingerprint density at radius 2 is 2.16 bits per heavy atom. The number of nitrogens with zero attached hydrogens (tertiary/aromatic N) is 1. The van der Waals surface area contributed by atoms with Gasteiger partial charge in [0.05, 0.1) is 10.6 Å². The number of carbonyl (C=O) groups is 1. The van der Waals surface area contributed by atoms with Crippen molar-refractivity contribution in [3.63, 3.8) is 0 Å². The van der Waals surface area contributed by atoms with Crippen LogP contribution in [0.5, 0.6) is 0 Å². The summed E-state index contributed by atoms with van der Waals surface area (Å²) in [6.07, 6.45) is 1.41. The number of pyridine rings is 1. The van der Waals surface area contributed by atoms with Crippen LogP contribution in [0.25, 0.3) is 0 Å². The van der Waals surface area contributed by atoms with Crippen LogP contribution in [0.2, 0.25) is 5.02 Å². The number of anilines is 1. The molecule has 2 N–H and O–H groups in total. The molecule has 0 atom stereocenters. The maximum atomic E-state index is 13.0. The second-order valence-corrected chi connectivity index (χ2v) is 4.24. The van der Waals surface area contributed by atoms with Gasteiger partial charge in [-0.3, -0.25) is 0 Å². The minimum absolute atomic E-state index is 0.0477. The quantitative estimate of drug-likeness (QED) is 0.903. The van der Waals surface area contributed by atoms with E-state index in [1.807, 2.05) is 0 Å². The van der Waals surface area contributed by atoms with E-state index in [0.717, 1.165) is 5.56 Å². The van der Waals surface area contributed by atoms with E-state index >= 15 is 0 Å². The lowest BCUT2D eigenvalue weighted by molar-refractivity contribution is 0.0697. The minimum atomic E-state index is -1.02. The van der Waals surface area contributed by atoms with E-state index in [1.54, 1.807) is 6.07 Å². The van der Waals surface area contributed by atoms with Crippen LogP contribution in [0.15, 0.2) is 36.5 Å². The molecule has 0 unspecified atom stereocenters. The van der Waals surface area contributed by atoms with Crippen molar-refractivity contribution in [2.24, 2.45) is 0 Å². The Labute approximate surface area is 113 Å². The standard InChI is InChI=1S/C13H10ClFN2O2/c14-10-5-8(1-2-11(10)15)7-17-12-6-9(13(18)19)3-4-16-12/h1-6H,7H2,(H,16,17)(H,18,19). The van der Waals surface area contributed by atoms with E-state index < -0.39 is 11.8 Å². The van der Waals surface area contributed by atoms with Crippen LogP contribution >= 0.6 is 11.6 Å². The van der Waals surface area contributed by atoms with Crippen molar-refractivity contribution >= 4 is 23.4 Å². The van der Waals surface area contributed by atoms with Crippen molar-refractivity contribution in [2.45, 2.75) is 6.54 Å². The van der Waals surface area contributed by atoms with Crippen molar-refractivity contribution in [1.29, 1.82) is 0 Å². The highest BCUT2D eigenvalue weighted by atomic mass is 35.5. The van der Waals surface area contributed by atoms with Gasteiger partial charge in [0, 0.05) is 12.7 Å². The number of aromatic carboxylic acids is 1. The Balaban J connectivity index is 2.07. The Bertz CT molecular complexity index is 619. The van der Waals surface area contributed by atoms with Crippen molar-refractivity contribution in [1.82, 2.24) is 4.98 Å². The fraction of sp³-hybridized carbons (Fsp3) is 0.0769. The van der Waals surface area contributed by atoms with Gasteiger partial charge >= 0.3 is 5.97 Å². The number of aromatic nitrogens is 1. The first kappa shape index (κ1) is 13.3. The third-order valence-corrected chi connectivity index (χ3v) is 2.75. The summed E-state index contributed by atoms with van der Waals surface area (Å²) in [5.74, 6) is -1.06. The molecule has 6 heteroatoms. The summed E-state index contributed by atoms with van der Waals surface area (Å²) in [6.45, 7) is 0.371. The molecular formula is C13H10ClFN2O2. The fourth-order valence-corrected chi connectivity index (χ4v) is 1.71. The highest BCUT2D eigenvalue weighted by Gasteiger charge is 2.05. The predicted octanol–water partition coefficient (Wildman–Crippen LogP) is 3.18. The summed E-state index contributed by atoms with van der Waals surface area (Å²) < 4.78 is 13.0. The molecule has 0 aliphatic heterocycles. The fourth-order valence-electron chi connectivity index (χ4n) is 1.50. The summed E-state index contributed by atoms with van der Waals surface area (Å²) in [7, 11) is 0. The van der Waals surface area contributed by atoms with Crippen LogP contribution in [-0.4, -0.2) is 16.1 Å². The molecule has 2 rings (SSSR count). The van der Waals surface area contributed by atoms with Gasteiger partial charge in [-0.25, -0.2) is 14.2 Å². The zero-order valence-corrected chi connectivity index (χ0v) is 10.5. The largest absolute Gasteiger partial charge is 0.478 e. The van der Waals surface area contributed by atoms with Gasteiger partial charge in [0.15, 0.2) is 0 Å². The predicted molar refractivity (Wildman–Crippen MR) is 69.9 cm³/mol. The van der Waals surface area contributed by atoms with Gasteiger partial charge in [-0.15, -0.1) is 0 Å². The molecule has 0 aliphatic carbocycles. The number of hydrogen-bond donors (Lipinski definition) is 2. The molecule has 98 valence electrons. The zero-order valence-electron chi connectivity index (χ0n) is 9.73. The van der Waals surface area contributed by atoms with E-state index in [1.165, 1.54) is 30.5 Å². The first-order valence-electron chi connectivity index (χ1n) is 5.43. The van der Waals surface area contributed by atoms with E-state index in [9.17, 15) is 9.18 Å². The normalized spacial score (nSPS) is 10.2. The number of benzene rings is 1. The first-order chi connectivity index (χ1) is 9.06. The Kier molecular flexibility index (Phi) is 3.97. The SMILES string of the molecule is O=C(O)c1ccnc(NCc2ccc(F)c(Cl)c2)c1. The summed E-state index contributed by atoms with van der Waals surface area (Å²) >= 11 is 5.67. The lowest BCUT2D eigenvalue weighted by Crippen LogP contribution is -2.04. The summed E-state index contributed by atoms with van der Waals surface area (Å²) in [5.41, 5.74) is 0.920. The van der Waals surface area contributed by atoms with Gasteiger partial charge in [0.25, 0.3) is 0 Å². The molecule has 2 aromatic rings. The van der Waals surface area contributed by atoms with Crippen LogP contribution in [-0.2, 0) is 6.54 Å². The molecular weight excluding hydrogens is 271 g/mol. The second kappa shape index (κ2) is 5.67. The number of carboxylic acid groups (broad SMARTS) is 1. The minimum Gasteiger partial charge on any atom is -0.478 e. The summed E-state index contributed by atoms with van der Waals surface area (Å²) in [6, 6.07) is 7.20. The van der Waals surface area contributed by atoms with Crippen molar-refractivity contribution in [3.8, 4) is 0 Å². The Morgan fingerprint density at radius 3 is 2.84 bits per heavy atom. The Hall–Kier alpha value is -2.14. The molecule has 4 nitrogen and oxygen atoms in total. The van der Waals surface area contributed by atoms with Gasteiger partial charge < -0.3 is 10.4 Å². The van der Waals surface area contributed by atoms with E-state index in [-0.39, 0.29) is 10.6 Å². The highest BCUT2D eigenvalue weighted by molar-refractivity contribution is 6.30. The van der Waals surface area contributed by atoms with Crippen LogP contribution in [0, 0.1) is 5.82 Å². The van der Waals surface area contributed by atoms with E-state index in [2.05, 4.69) is 10.3 Å². The van der Waals surface area contributed by atoms with E-state index in [4.69, 9.17) is 16.7 Å². The molecule has 0 saturated carbocycles. The molecule has 0 saturated heterocycles. The monoisotopic (exact) mass is 280 g/mol. The van der Waals surface area contributed by atoms with Crippen LogP contribution in [0.1, 0.15) is 15.9 Å². The van der Waals surface area contributed by atoms with Crippen molar-refractivity contribution < 1.29 is 14.3 Å². The van der Waals surface area contributed by atoms with Crippen LogP contribution in [0.4, 0.5) is 10.2 Å². The van der Waals surface area contributed by atoms with Gasteiger partial charge in [-0.05, 0) is 29.8 Å². The van der Waals surface area contributed by atoms with Gasteiger partial charge in [0.1, 0.15) is 11.6 Å². The van der Waals surface area contributed by atoms with Gasteiger partial charge in [0.2, 0.25) is 0 Å². The zero-order chi connectivity index (χ0) is 13.8. The third-order valence-electron chi connectivity index (χ3n) is 2.46. The first-order valence-corrected chi connectivity index (χ1v) is 5.81. The lowest BCUT2D eigenvalue weighted by Gasteiger charge is -2.07. The molecule has 0 fully saturated rings. The van der Waals surface area contributed by atoms with Crippen LogP contribution < -0.4 is 5.32 Å². The molecule has 0 spiro atoms. The molecule has 0 bridgehead atoms. The molecule has 0 radical (unpaired) electrons. The highest BCUT2D eigenvalue weighted by Crippen LogP contribution is 2.17. The van der Waals surface area contributed by atoms with Gasteiger partial charge in [-0.2, -0.15) is 0 Å². The Morgan fingerprint density at radius 1 is 1.37 bits per heavy atom. The average molecular weight is 281 g/mol. The molecule has 1 heterocycles. The third kappa shape index (κ3) is 3.42. The summed E-state index contributed by atoms with van der Waals surface area (Å²) in [5, 5.41) is 11.8. The van der Waals surface area contributed by atoms with Gasteiger partial charge in [-0.1, -0.05) is 17.7 Å². The van der Waals surface area contributed by atoms with Crippen LogP contribution in [0.3, 0.4) is 0 Å². The average Bonchev–Trinajstić information content (AvgIpc) is 2.40. The number of nitrogens with one attached hydrogen (secondary N) is 1. The topological polar surface area (TPSA) is 62.2 Å². The number of rotatable bonds is 4. The molecule has 1 aromatic heterocycles. The maximum absolute atomic E-state index is 13.0. The smallest absolute Gasteiger partial charge is 0.335 e. The summed E-state index contributed by atoms with van der Waals surface area (Å²) in [4.78, 5) is 14.8. The number of carboxylic acids is 1.